The van der Waals surface area contributed by atoms with Crippen LogP contribution in [0, 0.1) is 4.77 Å². The van der Waals surface area contributed by atoms with Crippen LogP contribution in [-0.2, 0) is 17.9 Å². The molecule has 0 aliphatic heterocycles. The van der Waals surface area contributed by atoms with E-state index < -0.39 is 0 Å². The smallest absolute Gasteiger partial charge is 0.240 e. The van der Waals surface area contributed by atoms with Crippen LogP contribution >= 0.6 is 23.6 Å². The molecule has 8 nitrogen and oxygen atoms in total. The standard InChI is InChI=1S/C18H20N4O4S2/c1-24-12-8-14(26-3)13(25-2)7-11(12)9-19-16(23)10-22-17(20-21-18(22)27)15-5-4-6-28-15/h4-8H,9-10H2,1-3H3,(H,19,23)(H,21,27). The molecule has 0 unspecified atom stereocenters. The van der Waals surface area contributed by atoms with Crippen LogP contribution in [0.2, 0.25) is 0 Å². The highest BCUT2D eigenvalue weighted by Crippen LogP contribution is 2.34. The molecule has 0 aliphatic carbocycles. The number of carbonyl (C=O) groups is 1. The van der Waals surface area contributed by atoms with Gasteiger partial charge in [-0.3, -0.25) is 14.5 Å². The second kappa shape index (κ2) is 8.89. The second-order valence-corrected chi connectivity index (χ2v) is 7.05. The van der Waals surface area contributed by atoms with Crippen molar-refractivity contribution in [1.29, 1.82) is 0 Å². The van der Waals surface area contributed by atoms with Crippen LogP contribution < -0.4 is 19.5 Å². The van der Waals surface area contributed by atoms with E-state index in [2.05, 4.69) is 15.5 Å². The van der Waals surface area contributed by atoms with Crippen LogP contribution in [0.5, 0.6) is 17.2 Å². The highest BCUT2D eigenvalue weighted by Gasteiger charge is 2.15. The van der Waals surface area contributed by atoms with E-state index in [0.717, 1.165) is 10.4 Å². The summed E-state index contributed by atoms with van der Waals surface area (Å²) in [5.41, 5.74) is 0.766. The summed E-state index contributed by atoms with van der Waals surface area (Å²) in [6, 6.07) is 7.35. The molecule has 28 heavy (non-hydrogen) atoms. The Morgan fingerprint density at radius 2 is 1.93 bits per heavy atom. The molecule has 0 saturated heterocycles. The molecular weight excluding hydrogens is 400 g/mol. The second-order valence-electron chi connectivity index (χ2n) is 5.71. The third-order valence-corrected chi connectivity index (χ3v) is 5.24. The highest BCUT2D eigenvalue weighted by molar-refractivity contribution is 7.71. The van der Waals surface area contributed by atoms with Gasteiger partial charge in [-0.25, -0.2) is 0 Å². The van der Waals surface area contributed by atoms with Gasteiger partial charge in [0.25, 0.3) is 0 Å². The summed E-state index contributed by atoms with van der Waals surface area (Å²) in [5.74, 6) is 2.15. The maximum atomic E-state index is 12.5. The van der Waals surface area contributed by atoms with Gasteiger partial charge in [0.1, 0.15) is 12.3 Å². The molecule has 2 N–H and O–H groups in total. The first-order valence-corrected chi connectivity index (χ1v) is 9.60. The number of methoxy groups -OCH3 is 3. The average Bonchev–Trinajstić information content (AvgIpc) is 3.36. The van der Waals surface area contributed by atoms with Crippen molar-refractivity contribution >= 4 is 29.5 Å². The van der Waals surface area contributed by atoms with Crippen molar-refractivity contribution in [1.82, 2.24) is 20.1 Å². The molecule has 0 saturated carbocycles. The number of carbonyl (C=O) groups excluding carboxylic acids is 1. The normalized spacial score (nSPS) is 10.5. The van der Waals surface area contributed by atoms with Gasteiger partial charge in [0, 0.05) is 18.2 Å². The van der Waals surface area contributed by atoms with Gasteiger partial charge in [-0.1, -0.05) is 6.07 Å². The zero-order valence-electron chi connectivity index (χ0n) is 15.6. The molecule has 148 valence electrons. The molecule has 0 atom stereocenters. The summed E-state index contributed by atoms with van der Waals surface area (Å²) < 4.78 is 18.0. The average molecular weight is 421 g/mol. The summed E-state index contributed by atoms with van der Waals surface area (Å²) in [6.45, 7) is 0.319. The van der Waals surface area contributed by atoms with Crippen LogP contribution in [0.4, 0.5) is 0 Å². The fourth-order valence-corrected chi connectivity index (χ4v) is 3.60. The van der Waals surface area contributed by atoms with Crippen molar-refractivity contribution in [2.75, 3.05) is 21.3 Å². The number of benzene rings is 1. The zero-order chi connectivity index (χ0) is 20.1. The summed E-state index contributed by atoms with van der Waals surface area (Å²) in [7, 11) is 4.67. The van der Waals surface area contributed by atoms with E-state index in [1.54, 1.807) is 38.0 Å². The number of rotatable bonds is 8. The first-order valence-electron chi connectivity index (χ1n) is 8.32. The Balaban J connectivity index is 1.74. The molecule has 3 aromatic rings. The lowest BCUT2D eigenvalue weighted by Gasteiger charge is -2.15. The Bertz CT molecular complexity index is 1010. The minimum atomic E-state index is -0.202. The Labute approximate surface area is 171 Å². The molecule has 0 aliphatic rings. The molecule has 0 spiro atoms. The SMILES string of the molecule is COc1cc(OC)c(OC)cc1CNC(=O)Cn1c(-c2cccs2)n[nH]c1=S. The summed E-state index contributed by atoms with van der Waals surface area (Å²) in [6.07, 6.45) is 0. The number of aromatic amines is 1. The van der Waals surface area contributed by atoms with Crippen molar-refractivity contribution in [3.05, 3.63) is 40.0 Å². The first kappa shape index (κ1) is 19.9. The van der Waals surface area contributed by atoms with E-state index >= 15 is 0 Å². The number of amides is 1. The van der Waals surface area contributed by atoms with Gasteiger partial charge >= 0.3 is 0 Å². The van der Waals surface area contributed by atoms with Gasteiger partial charge in [-0.05, 0) is 29.7 Å². The lowest BCUT2D eigenvalue weighted by molar-refractivity contribution is -0.121. The number of nitrogens with one attached hydrogen (secondary N) is 2. The molecule has 1 amide bonds. The van der Waals surface area contributed by atoms with Crippen LogP contribution in [0.3, 0.4) is 0 Å². The van der Waals surface area contributed by atoms with Gasteiger partial charge in [0.05, 0.1) is 26.2 Å². The minimum Gasteiger partial charge on any atom is -0.496 e. The van der Waals surface area contributed by atoms with Crippen molar-refractivity contribution in [2.45, 2.75) is 13.1 Å². The maximum absolute atomic E-state index is 12.5. The molecule has 2 aromatic heterocycles. The van der Waals surface area contributed by atoms with Gasteiger partial charge in [-0.2, -0.15) is 5.10 Å². The molecule has 0 bridgehead atoms. The number of hydrogen-bond acceptors (Lipinski definition) is 7. The van der Waals surface area contributed by atoms with Gasteiger partial charge in [-0.15, -0.1) is 11.3 Å². The number of thiophene rings is 1. The van der Waals surface area contributed by atoms with Crippen molar-refractivity contribution in [3.63, 3.8) is 0 Å². The number of ether oxygens (including phenoxy) is 3. The molecule has 0 fully saturated rings. The minimum absolute atomic E-state index is 0.0537. The quantitative estimate of drug-likeness (QED) is 0.545. The predicted octanol–water partition coefficient (Wildman–Crippen LogP) is 3.01. The molecular formula is C18H20N4O4S2. The van der Waals surface area contributed by atoms with E-state index in [-0.39, 0.29) is 19.0 Å². The van der Waals surface area contributed by atoms with Crippen LogP contribution in [0.15, 0.2) is 29.6 Å². The van der Waals surface area contributed by atoms with Crippen LogP contribution in [0.1, 0.15) is 5.56 Å². The third-order valence-electron chi connectivity index (χ3n) is 4.06. The zero-order valence-corrected chi connectivity index (χ0v) is 17.3. The van der Waals surface area contributed by atoms with Crippen LogP contribution in [0.25, 0.3) is 10.7 Å². The first-order chi connectivity index (χ1) is 13.6. The predicted molar refractivity (Wildman–Crippen MR) is 109 cm³/mol. The van der Waals surface area contributed by atoms with E-state index in [1.807, 2.05) is 17.5 Å². The Hall–Kier alpha value is -2.85. The molecule has 2 heterocycles. The summed E-state index contributed by atoms with van der Waals surface area (Å²) >= 11 is 6.79. The molecule has 0 radical (unpaired) electrons. The largest absolute Gasteiger partial charge is 0.496 e. The number of hydrogen-bond donors (Lipinski definition) is 2. The van der Waals surface area contributed by atoms with E-state index in [9.17, 15) is 4.79 Å². The Morgan fingerprint density at radius 3 is 2.57 bits per heavy atom. The third kappa shape index (κ3) is 4.18. The molecule has 1 aromatic carbocycles. The fraction of sp³-hybridized carbons (Fsp3) is 0.278. The van der Waals surface area contributed by atoms with Crippen molar-refractivity contribution in [3.8, 4) is 28.0 Å². The van der Waals surface area contributed by atoms with Crippen molar-refractivity contribution in [2.24, 2.45) is 0 Å². The number of H-pyrrole nitrogens is 1. The monoisotopic (exact) mass is 420 g/mol. The topological polar surface area (TPSA) is 90.4 Å². The summed E-state index contributed by atoms with van der Waals surface area (Å²) in [4.78, 5) is 13.5. The maximum Gasteiger partial charge on any atom is 0.240 e. The fourth-order valence-electron chi connectivity index (χ4n) is 2.68. The van der Waals surface area contributed by atoms with Gasteiger partial charge in [0.15, 0.2) is 22.1 Å². The Morgan fingerprint density at radius 1 is 1.21 bits per heavy atom. The van der Waals surface area contributed by atoms with Crippen LogP contribution in [-0.4, -0.2) is 42.0 Å². The van der Waals surface area contributed by atoms with Gasteiger partial charge in [0.2, 0.25) is 5.91 Å². The Kier molecular flexibility index (Phi) is 6.32. The van der Waals surface area contributed by atoms with E-state index in [0.29, 0.717) is 27.8 Å². The number of aromatic nitrogens is 3. The lowest BCUT2D eigenvalue weighted by atomic mass is 10.1. The van der Waals surface area contributed by atoms with Gasteiger partial charge < -0.3 is 19.5 Å². The van der Waals surface area contributed by atoms with Crippen molar-refractivity contribution < 1.29 is 19.0 Å². The molecule has 10 heteroatoms. The van der Waals surface area contributed by atoms with E-state index in [4.69, 9.17) is 26.4 Å². The highest BCUT2D eigenvalue weighted by atomic mass is 32.1. The summed E-state index contributed by atoms with van der Waals surface area (Å²) in [5, 5.41) is 11.8. The molecule has 3 rings (SSSR count). The lowest BCUT2D eigenvalue weighted by Crippen LogP contribution is -2.27. The van der Waals surface area contributed by atoms with E-state index in [1.165, 1.54) is 11.3 Å². The number of nitrogens with zero attached hydrogens (tertiary/aromatic N) is 2.